The van der Waals surface area contributed by atoms with Crippen LogP contribution in [0.3, 0.4) is 0 Å². The van der Waals surface area contributed by atoms with Gasteiger partial charge in [-0.3, -0.25) is 0 Å². The van der Waals surface area contributed by atoms with Crippen molar-refractivity contribution in [2.45, 2.75) is 20.8 Å². The van der Waals surface area contributed by atoms with E-state index in [1.165, 1.54) is 5.56 Å². The molecule has 0 atom stereocenters. The van der Waals surface area contributed by atoms with Gasteiger partial charge in [0.25, 0.3) is 0 Å². The molecular weight excluding hydrogens is 288 g/mol. The van der Waals surface area contributed by atoms with Gasteiger partial charge in [0.2, 0.25) is 0 Å². The largest absolute Gasteiger partial charge is 0.479 e. The smallest absolute Gasteiger partial charge is 0.311 e. The fourth-order valence-electron chi connectivity index (χ4n) is 2.45. The number of rotatable bonds is 3. The number of hydrogen-bond donors (Lipinski definition) is 1. The van der Waals surface area contributed by atoms with Crippen LogP contribution in [0.5, 0.6) is 5.95 Å². The molecule has 116 valence electrons. The number of benzene rings is 2. The molecule has 3 aromatic rings. The minimum absolute atomic E-state index is 0.225. The number of aromatic hydroxyl groups is 1. The SMILES string of the molecule is Cc1ccc(-c2cc(N=Nc3ccccc3C)c(O)o2)c(C)c1. The Hall–Kier alpha value is -2.88. The third-order valence-corrected chi connectivity index (χ3v) is 3.72. The molecule has 4 nitrogen and oxygen atoms in total. The molecule has 0 saturated carbocycles. The van der Waals surface area contributed by atoms with Crippen molar-refractivity contribution in [2.75, 3.05) is 0 Å². The van der Waals surface area contributed by atoms with Crippen molar-refractivity contribution in [3.63, 3.8) is 0 Å². The summed E-state index contributed by atoms with van der Waals surface area (Å²) < 4.78 is 5.44. The predicted octanol–water partition coefficient (Wildman–Crippen LogP) is 5.99. The molecular formula is C19H18N2O2. The Balaban J connectivity index is 1.94. The van der Waals surface area contributed by atoms with Gasteiger partial charge in [-0.1, -0.05) is 42.0 Å². The van der Waals surface area contributed by atoms with Crippen LogP contribution in [0, 0.1) is 20.8 Å². The van der Waals surface area contributed by atoms with E-state index in [2.05, 4.69) is 16.3 Å². The van der Waals surface area contributed by atoms with Gasteiger partial charge in [-0.25, -0.2) is 0 Å². The second kappa shape index (κ2) is 6.08. The molecule has 0 aliphatic carbocycles. The van der Waals surface area contributed by atoms with Crippen LogP contribution in [0.4, 0.5) is 11.4 Å². The van der Waals surface area contributed by atoms with Gasteiger partial charge in [0.05, 0.1) is 5.69 Å². The van der Waals surface area contributed by atoms with Gasteiger partial charge in [-0.2, -0.15) is 5.11 Å². The average Bonchev–Trinajstić information content (AvgIpc) is 2.87. The van der Waals surface area contributed by atoms with Crippen molar-refractivity contribution in [3.05, 3.63) is 65.2 Å². The molecule has 1 heterocycles. The van der Waals surface area contributed by atoms with Crippen molar-refractivity contribution in [1.29, 1.82) is 0 Å². The third-order valence-electron chi connectivity index (χ3n) is 3.72. The molecule has 0 amide bonds. The van der Waals surface area contributed by atoms with Crippen LogP contribution >= 0.6 is 0 Å². The van der Waals surface area contributed by atoms with E-state index in [9.17, 15) is 5.11 Å². The fourth-order valence-corrected chi connectivity index (χ4v) is 2.45. The highest BCUT2D eigenvalue weighted by Gasteiger charge is 2.13. The molecule has 1 N–H and O–H groups in total. The highest BCUT2D eigenvalue weighted by atomic mass is 16.5. The molecule has 2 aromatic carbocycles. The number of aryl methyl sites for hydroxylation is 3. The molecule has 4 heteroatoms. The van der Waals surface area contributed by atoms with Crippen molar-refractivity contribution >= 4 is 11.4 Å². The van der Waals surface area contributed by atoms with Gasteiger partial charge < -0.3 is 9.52 Å². The average molecular weight is 306 g/mol. The zero-order valence-electron chi connectivity index (χ0n) is 13.4. The fraction of sp³-hybridized carbons (Fsp3) is 0.158. The van der Waals surface area contributed by atoms with Crippen molar-refractivity contribution in [1.82, 2.24) is 0 Å². The van der Waals surface area contributed by atoms with Gasteiger partial charge in [0.15, 0.2) is 5.69 Å². The first kappa shape index (κ1) is 15.0. The quantitative estimate of drug-likeness (QED) is 0.604. The minimum atomic E-state index is -0.225. The number of azo groups is 1. The number of hydrogen-bond acceptors (Lipinski definition) is 4. The number of nitrogens with zero attached hydrogens (tertiary/aromatic N) is 2. The van der Waals surface area contributed by atoms with E-state index < -0.39 is 0 Å². The summed E-state index contributed by atoms with van der Waals surface area (Å²) in [6, 6.07) is 15.4. The van der Waals surface area contributed by atoms with Gasteiger partial charge in [0.1, 0.15) is 5.76 Å². The van der Waals surface area contributed by atoms with E-state index in [1.54, 1.807) is 6.07 Å². The summed E-state index contributed by atoms with van der Waals surface area (Å²) in [4.78, 5) is 0. The zero-order valence-corrected chi connectivity index (χ0v) is 13.4. The summed E-state index contributed by atoms with van der Waals surface area (Å²) in [5, 5.41) is 18.3. The van der Waals surface area contributed by atoms with Crippen LogP contribution in [0.15, 0.2) is 63.2 Å². The Morgan fingerprint density at radius 2 is 1.57 bits per heavy atom. The Bertz CT molecular complexity index is 879. The Morgan fingerprint density at radius 3 is 2.30 bits per heavy atom. The summed E-state index contributed by atoms with van der Waals surface area (Å²) in [7, 11) is 0. The van der Waals surface area contributed by atoms with E-state index in [0.717, 1.165) is 22.4 Å². The lowest BCUT2D eigenvalue weighted by atomic mass is 10.0. The molecule has 0 bridgehead atoms. The van der Waals surface area contributed by atoms with Gasteiger partial charge >= 0.3 is 5.95 Å². The molecule has 0 unspecified atom stereocenters. The molecule has 0 fully saturated rings. The lowest BCUT2D eigenvalue weighted by Crippen LogP contribution is -1.82. The summed E-state index contributed by atoms with van der Waals surface area (Å²) >= 11 is 0. The maximum Gasteiger partial charge on any atom is 0.311 e. The van der Waals surface area contributed by atoms with E-state index in [4.69, 9.17) is 4.42 Å². The van der Waals surface area contributed by atoms with Crippen LogP contribution < -0.4 is 0 Å². The molecule has 0 saturated heterocycles. The van der Waals surface area contributed by atoms with Crippen LogP contribution in [0.25, 0.3) is 11.3 Å². The normalized spacial score (nSPS) is 11.3. The van der Waals surface area contributed by atoms with Crippen LogP contribution in [0.1, 0.15) is 16.7 Å². The Morgan fingerprint density at radius 1 is 0.826 bits per heavy atom. The topological polar surface area (TPSA) is 58.1 Å². The molecule has 0 radical (unpaired) electrons. The molecule has 0 aliphatic rings. The second-order valence-corrected chi connectivity index (χ2v) is 5.61. The van der Waals surface area contributed by atoms with Gasteiger partial charge in [-0.15, -0.1) is 5.11 Å². The standard InChI is InChI=1S/C19H18N2O2/c1-12-8-9-15(14(3)10-12)18-11-17(19(22)23-18)21-20-16-7-5-4-6-13(16)2/h4-11,22H,1-3H3. The van der Waals surface area contributed by atoms with Crippen LogP contribution in [-0.2, 0) is 0 Å². The maximum absolute atomic E-state index is 9.97. The lowest BCUT2D eigenvalue weighted by Gasteiger charge is -2.02. The summed E-state index contributed by atoms with van der Waals surface area (Å²) in [5.74, 6) is 0.357. The highest BCUT2D eigenvalue weighted by molar-refractivity contribution is 5.68. The molecule has 1 aromatic heterocycles. The second-order valence-electron chi connectivity index (χ2n) is 5.61. The minimum Gasteiger partial charge on any atom is -0.479 e. The van der Waals surface area contributed by atoms with Gasteiger partial charge in [0, 0.05) is 11.6 Å². The molecule has 0 spiro atoms. The summed E-state index contributed by atoms with van der Waals surface area (Å²) in [6.07, 6.45) is 0. The first-order valence-corrected chi connectivity index (χ1v) is 7.42. The molecule has 23 heavy (non-hydrogen) atoms. The summed E-state index contributed by atoms with van der Waals surface area (Å²) in [5.41, 5.74) is 5.31. The lowest BCUT2D eigenvalue weighted by molar-refractivity contribution is 0.339. The van der Waals surface area contributed by atoms with E-state index in [1.807, 2.05) is 57.2 Å². The first-order valence-electron chi connectivity index (χ1n) is 7.42. The third kappa shape index (κ3) is 3.16. The molecule has 3 rings (SSSR count). The monoisotopic (exact) mass is 306 g/mol. The van der Waals surface area contributed by atoms with Crippen molar-refractivity contribution < 1.29 is 9.52 Å². The van der Waals surface area contributed by atoms with Crippen molar-refractivity contribution in [3.8, 4) is 17.3 Å². The number of furan rings is 1. The first-order chi connectivity index (χ1) is 11.0. The van der Waals surface area contributed by atoms with Crippen LogP contribution in [-0.4, -0.2) is 5.11 Å². The van der Waals surface area contributed by atoms with E-state index in [-0.39, 0.29) is 5.95 Å². The van der Waals surface area contributed by atoms with Gasteiger partial charge in [-0.05, 0) is 38.0 Å². The van der Waals surface area contributed by atoms with E-state index in [0.29, 0.717) is 11.4 Å². The highest BCUT2D eigenvalue weighted by Crippen LogP contribution is 2.38. The summed E-state index contributed by atoms with van der Waals surface area (Å²) in [6.45, 7) is 6.01. The maximum atomic E-state index is 9.97. The van der Waals surface area contributed by atoms with Crippen molar-refractivity contribution in [2.24, 2.45) is 10.2 Å². The Kier molecular flexibility index (Phi) is 3.98. The zero-order chi connectivity index (χ0) is 16.4. The Labute approximate surface area is 135 Å². The van der Waals surface area contributed by atoms with Crippen LogP contribution in [0.2, 0.25) is 0 Å². The molecule has 0 aliphatic heterocycles. The predicted molar refractivity (Wildman–Crippen MR) is 90.6 cm³/mol. The van der Waals surface area contributed by atoms with E-state index >= 15 is 0 Å².